The number of hydrogen-bond donors (Lipinski definition) is 0. The number of benzene rings is 1. The summed E-state index contributed by atoms with van der Waals surface area (Å²) in [5, 5.41) is 4.85. The molecular formula is C13H19LiN2. The van der Waals surface area contributed by atoms with E-state index in [1.165, 1.54) is 18.5 Å². The monoisotopic (exact) mass is 210 g/mol. The first-order valence-electron chi connectivity index (χ1n) is 5.69. The van der Waals surface area contributed by atoms with E-state index in [-0.39, 0.29) is 18.9 Å². The summed E-state index contributed by atoms with van der Waals surface area (Å²) in [4.78, 5) is 2.35. The van der Waals surface area contributed by atoms with Gasteiger partial charge in [-0.2, -0.15) is 0 Å². The minimum Gasteiger partial charge on any atom is -0.652 e. The van der Waals surface area contributed by atoms with Gasteiger partial charge < -0.3 is 10.2 Å². The van der Waals surface area contributed by atoms with Gasteiger partial charge in [0.05, 0.1) is 0 Å². The Kier molecular flexibility index (Phi) is 5.58. The molecule has 0 amide bonds. The van der Waals surface area contributed by atoms with Crippen LogP contribution in [-0.4, -0.2) is 31.1 Å². The maximum atomic E-state index is 4.85. The van der Waals surface area contributed by atoms with Crippen LogP contribution in [0.5, 0.6) is 0 Å². The van der Waals surface area contributed by atoms with Crippen molar-refractivity contribution in [2.45, 2.75) is 25.4 Å². The Morgan fingerprint density at radius 3 is 2.56 bits per heavy atom. The molecule has 0 aliphatic carbocycles. The maximum absolute atomic E-state index is 4.85. The van der Waals surface area contributed by atoms with E-state index in [0.29, 0.717) is 12.1 Å². The predicted octanol–water partition coefficient (Wildman–Crippen LogP) is -0.171. The van der Waals surface area contributed by atoms with Crippen molar-refractivity contribution in [2.24, 2.45) is 0 Å². The molecular weight excluding hydrogens is 191 g/mol. The summed E-state index contributed by atoms with van der Waals surface area (Å²) in [7, 11) is 2.17. The second-order valence-corrected chi connectivity index (χ2v) is 4.44. The van der Waals surface area contributed by atoms with Crippen molar-refractivity contribution < 1.29 is 18.9 Å². The molecule has 1 aliphatic rings. The Labute approximate surface area is 111 Å². The van der Waals surface area contributed by atoms with E-state index in [9.17, 15) is 0 Å². The fourth-order valence-electron chi connectivity index (χ4n) is 2.17. The number of likely N-dealkylation sites (tertiary alicyclic amines) is 1. The van der Waals surface area contributed by atoms with Crippen molar-refractivity contribution >= 4 is 0 Å². The normalized spacial score (nSPS) is 22.8. The topological polar surface area (TPSA) is 17.3 Å². The summed E-state index contributed by atoms with van der Waals surface area (Å²) in [5.74, 6) is 0. The summed E-state index contributed by atoms with van der Waals surface area (Å²) in [6.07, 6.45) is 1.22. The molecule has 82 valence electrons. The molecule has 2 nitrogen and oxygen atoms in total. The van der Waals surface area contributed by atoms with Gasteiger partial charge in [-0.1, -0.05) is 49.2 Å². The zero-order valence-electron chi connectivity index (χ0n) is 10.6. The Morgan fingerprint density at radius 1 is 1.31 bits per heavy atom. The van der Waals surface area contributed by atoms with Crippen LogP contribution in [0.3, 0.4) is 0 Å². The average Bonchev–Trinajstić information content (AvgIpc) is 2.65. The average molecular weight is 210 g/mol. The van der Waals surface area contributed by atoms with Gasteiger partial charge >= 0.3 is 18.9 Å². The van der Waals surface area contributed by atoms with E-state index in [1.807, 2.05) is 0 Å². The number of likely N-dealkylation sites (N-methyl/N-ethyl adjacent to an activating group) is 1. The molecule has 1 unspecified atom stereocenters. The quantitative estimate of drug-likeness (QED) is 0.633. The molecule has 1 aromatic carbocycles. The van der Waals surface area contributed by atoms with Crippen LogP contribution in [0.4, 0.5) is 0 Å². The third-order valence-electron chi connectivity index (χ3n) is 3.08. The Bertz CT molecular complexity index is 302. The second-order valence-electron chi connectivity index (χ2n) is 4.44. The third-order valence-corrected chi connectivity index (χ3v) is 3.08. The van der Waals surface area contributed by atoms with Gasteiger partial charge in [0.2, 0.25) is 0 Å². The largest absolute Gasteiger partial charge is 1.00 e. The minimum absolute atomic E-state index is 0. The second kappa shape index (κ2) is 6.47. The van der Waals surface area contributed by atoms with Gasteiger partial charge in [-0.05, 0) is 20.1 Å². The molecule has 16 heavy (non-hydrogen) atoms. The summed E-state index contributed by atoms with van der Waals surface area (Å²) in [6, 6.07) is 11.4. The molecule has 2 atom stereocenters. The molecule has 2 rings (SSSR count). The fraction of sp³-hybridized carbons (Fsp3) is 0.538. The number of rotatable bonds is 3. The molecule has 1 aromatic rings. The molecule has 1 aliphatic heterocycles. The van der Waals surface area contributed by atoms with Crippen LogP contribution in [0.15, 0.2) is 30.3 Å². The number of hydrogen-bond acceptors (Lipinski definition) is 1. The zero-order chi connectivity index (χ0) is 10.7. The molecule has 1 heterocycles. The Balaban J connectivity index is 0.00000128. The minimum atomic E-state index is 0. The van der Waals surface area contributed by atoms with E-state index in [1.54, 1.807) is 0 Å². The molecule has 0 N–H and O–H groups in total. The van der Waals surface area contributed by atoms with E-state index in [4.69, 9.17) is 5.32 Å². The molecule has 1 fully saturated rings. The summed E-state index contributed by atoms with van der Waals surface area (Å²) in [5.41, 5.74) is 1.33. The fourth-order valence-corrected chi connectivity index (χ4v) is 2.17. The molecule has 0 bridgehead atoms. The van der Waals surface area contributed by atoms with Gasteiger partial charge in [-0.15, -0.1) is 12.1 Å². The van der Waals surface area contributed by atoms with Gasteiger partial charge in [0.15, 0.2) is 0 Å². The smallest absolute Gasteiger partial charge is 0.652 e. The van der Waals surface area contributed by atoms with Crippen LogP contribution in [0.1, 0.15) is 24.9 Å². The van der Waals surface area contributed by atoms with Gasteiger partial charge in [0, 0.05) is 0 Å². The van der Waals surface area contributed by atoms with Crippen molar-refractivity contribution in [1.82, 2.24) is 4.90 Å². The Morgan fingerprint density at radius 2 is 2.00 bits per heavy atom. The van der Waals surface area contributed by atoms with Gasteiger partial charge in [0.25, 0.3) is 0 Å². The van der Waals surface area contributed by atoms with Crippen LogP contribution in [-0.2, 0) is 0 Å². The van der Waals surface area contributed by atoms with Crippen LogP contribution >= 0.6 is 0 Å². The molecule has 0 aromatic heterocycles. The SMILES string of the molecule is CC([N-][C@H]1CCN(C)C1)c1ccccc1.[Li+]. The van der Waals surface area contributed by atoms with Crippen molar-refractivity contribution in [2.75, 3.05) is 20.1 Å². The van der Waals surface area contributed by atoms with Crippen LogP contribution in [0.25, 0.3) is 5.32 Å². The van der Waals surface area contributed by atoms with Crippen molar-refractivity contribution in [3.63, 3.8) is 0 Å². The van der Waals surface area contributed by atoms with Crippen LogP contribution in [0.2, 0.25) is 0 Å². The first-order chi connectivity index (χ1) is 7.25. The summed E-state index contributed by atoms with van der Waals surface area (Å²) in [6.45, 7) is 4.50. The third kappa shape index (κ3) is 3.64. The van der Waals surface area contributed by atoms with E-state index >= 15 is 0 Å². The van der Waals surface area contributed by atoms with Crippen LogP contribution in [0, 0.1) is 0 Å². The molecule has 3 heteroatoms. The van der Waals surface area contributed by atoms with E-state index < -0.39 is 0 Å². The van der Waals surface area contributed by atoms with Gasteiger partial charge in [-0.3, -0.25) is 0 Å². The molecule has 1 saturated heterocycles. The van der Waals surface area contributed by atoms with Gasteiger partial charge in [-0.25, -0.2) is 0 Å². The zero-order valence-corrected chi connectivity index (χ0v) is 10.6. The molecule has 0 saturated carbocycles. The summed E-state index contributed by atoms with van der Waals surface area (Å²) < 4.78 is 0. The first kappa shape index (κ1) is 13.8. The predicted molar refractivity (Wildman–Crippen MR) is 64.1 cm³/mol. The van der Waals surface area contributed by atoms with E-state index in [0.717, 1.165) is 6.54 Å². The van der Waals surface area contributed by atoms with E-state index in [2.05, 4.69) is 49.2 Å². The molecule has 0 spiro atoms. The first-order valence-corrected chi connectivity index (χ1v) is 5.69. The number of nitrogens with zero attached hydrogens (tertiary/aromatic N) is 2. The standard InChI is InChI=1S/C13H19N2.Li/c1-11(12-6-4-3-5-7-12)14-13-8-9-15(2)10-13;/h3-7,11,13H,8-10H2,1-2H3;/q-1;+1/t11?,13-;/m0./s1. The summed E-state index contributed by atoms with van der Waals surface area (Å²) >= 11 is 0. The van der Waals surface area contributed by atoms with Crippen molar-refractivity contribution in [3.05, 3.63) is 41.2 Å². The van der Waals surface area contributed by atoms with Crippen molar-refractivity contribution in [3.8, 4) is 0 Å². The maximum Gasteiger partial charge on any atom is 1.00 e. The van der Waals surface area contributed by atoms with Gasteiger partial charge in [0.1, 0.15) is 0 Å². The van der Waals surface area contributed by atoms with Crippen LogP contribution < -0.4 is 18.9 Å². The Hall–Kier alpha value is -0.263. The van der Waals surface area contributed by atoms with Crippen molar-refractivity contribution in [1.29, 1.82) is 0 Å². The molecule has 0 radical (unpaired) electrons.